The second kappa shape index (κ2) is 8.47. The van der Waals surface area contributed by atoms with Crippen molar-refractivity contribution in [3.8, 4) is 0 Å². The molecule has 0 unspecified atom stereocenters. The van der Waals surface area contributed by atoms with Crippen LogP contribution in [-0.4, -0.2) is 29.3 Å². The Bertz CT molecular complexity index is 883. The minimum atomic E-state index is -1.17. The van der Waals surface area contributed by atoms with Gasteiger partial charge in [0.15, 0.2) is 0 Å². The summed E-state index contributed by atoms with van der Waals surface area (Å²) in [5.41, 5.74) is 0.513. The van der Waals surface area contributed by atoms with Gasteiger partial charge in [0.2, 0.25) is 5.91 Å². The van der Waals surface area contributed by atoms with E-state index in [2.05, 4.69) is 24.5 Å². The maximum Gasteiger partial charge on any atom is 0.325 e. The average Bonchev–Trinajstić information content (AvgIpc) is 2.92. The SMILES string of the molecule is CC(C)C[C@@H](NC(=O)CN1C(=O)N[C@@](C)(c2ccccc2)C1=O)c1ccccc1. The predicted molar refractivity (Wildman–Crippen MR) is 111 cm³/mol. The first-order valence-electron chi connectivity index (χ1n) is 9.85. The third kappa shape index (κ3) is 4.47. The van der Waals surface area contributed by atoms with Gasteiger partial charge in [-0.05, 0) is 30.4 Å². The second-order valence-electron chi connectivity index (χ2n) is 7.97. The van der Waals surface area contributed by atoms with Crippen LogP contribution in [0.15, 0.2) is 60.7 Å². The number of nitrogens with one attached hydrogen (secondary N) is 2. The summed E-state index contributed by atoms with van der Waals surface area (Å²) >= 11 is 0. The molecule has 0 aromatic heterocycles. The Morgan fingerprint density at radius 3 is 2.21 bits per heavy atom. The van der Waals surface area contributed by atoms with Crippen LogP contribution < -0.4 is 10.6 Å². The number of carbonyl (C=O) groups excluding carboxylic acids is 3. The van der Waals surface area contributed by atoms with E-state index in [4.69, 9.17) is 0 Å². The summed E-state index contributed by atoms with van der Waals surface area (Å²) in [6, 6.07) is 18.0. The Balaban J connectivity index is 1.72. The van der Waals surface area contributed by atoms with E-state index >= 15 is 0 Å². The molecule has 6 heteroatoms. The highest BCUT2D eigenvalue weighted by Crippen LogP contribution is 2.28. The van der Waals surface area contributed by atoms with Crippen LogP contribution in [-0.2, 0) is 15.1 Å². The van der Waals surface area contributed by atoms with Gasteiger partial charge < -0.3 is 10.6 Å². The largest absolute Gasteiger partial charge is 0.348 e. The summed E-state index contributed by atoms with van der Waals surface area (Å²) in [6.45, 7) is 5.52. The van der Waals surface area contributed by atoms with Crippen molar-refractivity contribution in [1.29, 1.82) is 0 Å². The van der Waals surface area contributed by atoms with Crippen molar-refractivity contribution in [3.05, 3.63) is 71.8 Å². The van der Waals surface area contributed by atoms with Crippen molar-refractivity contribution in [3.63, 3.8) is 0 Å². The highest BCUT2D eigenvalue weighted by atomic mass is 16.2. The molecule has 1 aliphatic rings. The number of nitrogens with zero attached hydrogens (tertiary/aromatic N) is 1. The van der Waals surface area contributed by atoms with Gasteiger partial charge in [-0.2, -0.15) is 0 Å². The number of amides is 4. The summed E-state index contributed by atoms with van der Waals surface area (Å²) < 4.78 is 0. The Labute approximate surface area is 171 Å². The maximum absolute atomic E-state index is 13.0. The molecule has 152 valence electrons. The molecule has 0 bridgehead atoms. The Hall–Kier alpha value is -3.15. The summed E-state index contributed by atoms with van der Waals surface area (Å²) in [4.78, 5) is 39.1. The van der Waals surface area contributed by atoms with E-state index in [1.54, 1.807) is 19.1 Å². The number of rotatable bonds is 7. The smallest absolute Gasteiger partial charge is 0.325 e. The van der Waals surface area contributed by atoms with Crippen molar-refractivity contribution in [1.82, 2.24) is 15.5 Å². The molecule has 0 saturated carbocycles. The average molecular weight is 393 g/mol. The molecule has 0 radical (unpaired) electrons. The van der Waals surface area contributed by atoms with Crippen molar-refractivity contribution in [2.45, 2.75) is 38.8 Å². The van der Waals surface area contributed by atoms with E-state index in [1.807, 2.05) is 48.5 Å². The van der Waals surface area contributed by atoms with Crippen LogP contribution in [0.1, 0.15) is 44.4 Å². The first-order valence-corrected chi connectivity index (χ1v) is 9.85. The Kier molecular flexibility index (Phi) is 6.01. The molecule has 2 atom stereocenters. The van der Waals surface area contributed by atoms with Gasteiger partial charge in [0.25, 0.3) is 5.91 Å². The number of urea groups is 1. The number of hydrogen-bond donors (Lipinski definition) is 2. The lowest BCUT2D eigenvalue weighted by Crippen LogP contribution is -2.44. The van der Waals surface area contributed by atoms with Crippen LogP contribution in [0.3, 0.4) is 0 Å². The zero-order chi connectivity index (χ0) is 21.0. The van der Waals surface area contributed by atoms with E-state index in [-0.39, 0.29) is 18.5 Å². The Morgan fingerprint density at radius 1 is 1.03 bits per heavy atom. The first-order chi connectivity index (χ1) is 13.8. The van der Waals surface area contributed by atoms with Crippen LogP contribution in [0, 0.1) is 5.92 Å². The number of carbonyl (C=O) groups is 3. The third-order valence-corrected chi connectivity index (χ3v) is 5.17. The third-order valence-electron chi connectivity index (χ3n) is 5.17. The fourth-order valence-electron chi connectivity index (χ4n) is 3.63. The standard InChI is InChI=1S/C23H27N3O3/c1-16(2)14-19(17-10-6-4-7-11-17)24-20(27)15-26-21(28)23(3,25-22(26)29)18-12-8-5-9-13-18/h4-13,16,19H,14-15H2,1-3H3,(H,24,27)(H,25,29)/t19-,23+/m1/s1. The fraction of sp³-hybridized carbons (Fsp3) is 0.348. The van der Waals surface area contributed by atoms with E-state index < -0.39 is 17.5 Å². The molecule has 2 N–H and O–H groups in total. The summed E-state index contributed by atoms with van der Waals surface area (Å²) in [5, 5.41) is 5.71. The second-order valence-corrected chi connectivity index (χ2v) is 7.97. The molecule has 1 heterocycles. The molecule has 4 amide bonds. The van der Waals surface area contributed by atoms with Crippen molar-refractivity contribution in [2.24, 2.45) is 5.92 Å². The highest BCUT2D eigenvalue weighted by molar-refractivity contribution is 6.09. The quantitative estimate of drug-likeness (QED) is 0.708. The van der Waals surface area contributed by atoms with Gasteiger partial charge in [-0.25, -0.2) is 4.79 Å². The lowest BCUT2D eigenvalue weighted by Gasteiger charge is -2.23. The summed E-state index contributed by atoms with van der Waals surface area (Å²) in [6.07, 6.45) is 0.762. The molecule has 0 spiro atoms. The van der Waals surface area contributed by atoms with Gasteiger partial charge in [0.1, 0.15) is 12.1 Å². The molecule has 29 heavy (non-hydrogen) atoms. The molecular weight excluding hydrogens is 366 g/mol. The van der Waals surface area contributed by atoms with Crippen LogP contribution >= 0.6 is 0 Å². The predicted octanol–water partition coefficient (Wildman–Crippen LogP) is 3.36. The molecule has 1 saturated heterocycles. The molecule has 1 fully saturated rings. The zero-order valence-electron chi connectivity index (χ0n) is 17.0. The number of imide groups is 1. The van der Waals surface area contributed by atoms with Crippen molar-refractivity contribution >= 4 is 17.8 Å². The highest BCUT2D eigenvalue weighted by Gasteiger charge is 2.49. The lowest BCUT2D eigenvalue weighted by atomic mass is 9.92. The summed E-state index contributed by atoms with van der Waals surface area (Å²) in [5.74, 6) is -0.414. The van der Waals surface area contributed by atoms with Crippen molar-refractivity contribution < 1.29 is 14.4 Å². The van der Waals surface area contributed by atoms with Crippen LogP contribution in [0.25, 0.3) is 0 Å². The van der Waals surface area contributed by atoms with Crippen LogP contribution in [0.4, 0.5) is 4.79 Å². The van der Waals surface area contributed by atoms with Gasteiger partial charge >= 0.3 is 6.03 Å². The van der Waals surface area contributed by atoms with E-state index in [9.17, 15) is 14.4 Å². The minimum absolute atomic E-state index is 0.176. The first kappa shape index (κ1) is 20.6. The number of hydrogen-bond acceptors (Lipinski definition) is 3. The minimum Gasteiger partial charge on any atom is -0.348 e. The lowest BCUT2D eigenvalue weighted by molar-refractivity contribution is -0.135. The summed E-state index contributed by atoms with van der Waals surface area (Å²) in [7, 11) is 0. The molecule has 2 aromatic carbocycles. The molecule has 1 aliphatic heterocycles. The molecule has 0 aliphatic carbocycles. The molecule has 6 nitrogen and oxygen atoms in total. The fourth-order valence-corrected chi connectivity index (χ4v) is 3.63. The van der Waals surface area contributed by atoms with Crippen LogP contribution in [0.5, 0.6) is 0 Å². The molecule has 2 aromatic rings. The topological polar surface area (TPSA) is 78.5 Å². The van der Waals surface area contributed by atoms with E-state index in [0.717, 1.165) is 16.9 Å². The van der Waals surface area contributed by atoms with Crippen LogP contribution in [0.2, 0.25) is 0 Å². The van der Waals surface area contributed by atoms with E-state index in [1.165, 1.54) is 0 Å². The molecule has 3 rings (SSSR count). The van der Waals surface area contributed by atoms with Crippen molar-refractivity contribution in [2.75, 3.05) is 6.54 Å². The van der Waals surface area contributed by atoms with Gasteiger partial charge in [0, 0.05) is 0 Å². The molecular formula is C23H27N3O3. The van der Waals surface area contributed by atoms with Gasteiger partial charge in [0.05, 0.1) is 6.04 Å². The zero-order valence-corrected chi connectivity index (χ0v) is 17.0. The normalized spacial score (nSPS) is 19.9. The Morgan fingerprint density at radius 2 is 1.62 bits per heavy atom. The maximum atomic E-state index is 13.0. The van der Waals surface area contributed by atoms with Gasteiger partial charge in [-0.1, -0.05) is 74.5 Å². The van der Waals surface area contributed by atoms with Gasteiger partial charge in [-0.3, -0.25) is 14.5 Å². The van der Waals surface area contributed by atoms with E-state index in [0.29, 0.717) is 11.5 Å². The van der Waals surface area contributed by atoms with Gasteiger partial charge in [-0.15, -0.1) is 0 Å². The number of benzene rings is 2. The monoisotopic (exact) mass is 393 g/mol.